The third-order valence-corrected chi connectivity index (χ3v) is 3.50. The second-order valence-corrected chi connectivity index (χ2v) is 4.64. The zero-order chi connectivity index (χ0) is 11.7. The predicted molar refractivity (Wildman–Crippen MR) is 71.8 cm³/mol. The zero-order valence-corrected chi connectivity index (χ0v) is 9.74. The molecule has 1 aromatic rings. The molecular weight excluding hydrogens is 208 g/mol. The molecule has 1 heterocycles. The topological polar surface area (TPSA) is 35.9 Å². The first kappa shape index (κ1) is 10.3. The normalized spacial score (nSPS) is 21.4. The molecular formula is C15H16N2. The van der Waals surface area contributed by atoms with E-state index in [1.807, 2.05) is 18.2 Å². The molecule has 2 aliphatic rings. The highest BCUT2D eigenvalue weighted by Crippen LogP contribution is 2.29. The van der Waals surface area contributed by atoms with Gasteiger partial charge in [0.15, 0.2) is 0 Å². The second kappa shape index (κ2) is 4.21. The third-order valence-electron chi connectivity index (χ3n) is 3.50. The van der Waals surface area contributed by atoms with Crippen LogP contribution in [0.1, 0.15) is 11.1 Å². The molecule has 0 bridgehead atoms. The fourth-order valence-corrected chi connectivity index (χ4v) is 2.58. The van der Waals surface area contributed by atoms with Crippen LogP contribution in [-0.4, -0.2) is 12.3 Å². The van der Waals surface area contributed by atoms with Crippen LogP contribution >= 0.6 is 0 Å². The Morgan fingerprint density at radius 3 is 3.12 bits per heavy atom. The van der Waals surface area contributed by atoms with E-state index in [-0.39, 0.29) is 5.92 Å². The summed E-state index contributed by atoms with van der Waals surface area (Å²) in [5.41, 5.74) is 4.78. The molecule has 86 valence electrons. The van der Waals surface area contributed by atoms with E-state index in [1.54, 1.807) is 0 Å². The SMILES string of the molecule is N=C1C=CC=CC1Cc1cccc2c1NCC2. The Labute approximate surface area is 102 Å². The number of rotatable bonds is 2. The average Bonchev–Trinajstić information content (AvgIpc) is 2.81. The van der Waals surface area contributed by atoms with Gasteiger partial charge in [0.25, 0.3) is 0 Å². The summed E-state index contributed by atoms with van der Waals surface area (Å²) >= 11 is 0. The molecule has 1 aromatic carbocycles. The number of para-hydroxylation sites is 1. The minimum Gasteiger partial charge on any atom is -0.384 e. The number of allylic oxidation sites excluding steroid dienone is 4. The van der Waals surface area contributed by atoms with Crippen LogP contribution in [0.4, 0.5) is 5.69 Å². The molecule has 17 heavy (non-hydrogen) atoms. The number of hydrogen-bond donors (Lipinski definition) is 2. The number of benzene rings is 1. The van der Waals surface area contributed by atoms with Crippen molar-refractivity contribution in [1.29, 1.82) is 5.41 Å². The summed E-state index contributed by atoms with van der Waals surface area (Å²) in [5, 5.41) is 11.4. The summed E-state index contributed by atoms with van der Waals surface area (Å²) < 4.78 is 0. The van der Waals surface area contributed by atoms with Crippen molar-refractivity contribution in [2.24, 2.45) is 5.92 Å². The van der Waals surface area contributed by atoms with E-state index in [4.69, 9.17) is 5.41 Å². The molecule has 0 aromatic heterocycles. The largest absolute Gasteiger partial charge is 0.384 e. The van der Waals surface area contributed by atoms with Gasteiger partial charge in [-0.05, 0) is 30.0 Å². The molecule has 1 aliphatic heterocycles. The van der Waals surface area contributed by atoms with Crippen LogP contribution in [0, 0.1) is 11.3 Å². The van der Waals surface area contributed by atoms with Crippen molar-refractivity contribution in [3.63, 3.8) is 0 Å². The molecule has 2 N–H and O–H groups in total. The highest BCUT2D eigenvalue weighted by atomic mass is 14.9. The fourth-order valence-electron chi connectivity index (χ4n) is 2.58. The number of hydrogen-bond acceptors (Lipinski definition) is 2. The van der Waals surface area contributed by atoms with Crippen molar-refractivity contribution in [2.75, 3.05) is 11.9 Å². The van der Waals surface area contributed by atoms with Gasteiger partial charge in [-0.1, -0.05) is 36.4 Å². The summed E-state index contributed by atoms with van der Waals surface area (Å²) in [4.78, 5) is 0. The van der Waals surface area contributed by atoms with Gasteiger partial charge < -0.3 is 10.7 Å². The summed E-state index contributed by atoms with van der Waals surface area (Å²) in [5.74, 6) is 0.230. The Hall–Kier alpha value is -1.83. The predicted octanol–water partition coefficient (Wildman–Crippen LogP) is 2.96. The van der Waals surface area contributed by atoms with Crippen LogP contribution in [0.25, 0.3) is 0 Å². The Morgan fingerprint density at radius 2 is 2.24 bits per heavy atom. The van der Waals surface area contributed by atoms with E-state index in [0.29, 0.717) is 5.71 Å². The third kappa shape index (κ3) is 1.91. The first-order chi connectivity index (χ1) is 8.34. The first-order valence-electron chi connectivity index (χ1n) is 6.12. The highest BCUT2D eigenvalue weighted by Gasteiger charge is 2.18. The van der Waals surface area contributed by atoms with Gasteiger partial charge in [-0.15, -0.1) is 0 Å². The second-order valence-electron chi connectivity index (χ2n) is 4.64. The molecule has 1 aliphatic carbocycles. The van der Waals surface area contributed by atoms with Crippen LogP contribution in [0.15, 0.2) is 42.5 Å². The average molecular weight is 224 g/mol. The fraction of sp³-hybridized carbons (Fsp3) is 0.267. The molecule has 3 rings (SSSR count). The van der Waals surface area contributed by atoms with Crippen molar-refractivity contribution in [2.45, 2.75) is 12.8 Å². The van der Waals surface area contributed by atoms with Gasteiger partial charge in [-0.2, -0.15) is 0 Å². The van der Waals surface area contributed by atoms with E-state index in [0.717, 1.165) is 19.4 Å². The van der Waals surface area contributed by atoms with Gasteiger partial charge >= 0.3 is 0 Å². The molecule has 0 fully saturated rings. The van der Waals surface area contributed by atoms with E-state index in [2.05, 4.69) is 29.6 Å². The van der Waals surface area contributed by atoms with Gasteiger partial charge in [0.05, 0.1) is 0 Å². The quantitative estimate of drug-likeness (QED) is 0.796. The zero-order valence-electron chi connectivity index (χ0n) is 9.74. The van der Waals surface area contributed by atoms with Crippen molar-refractivity contribution in [1.82, 2.24) is 0 Å². The van der Waals surface area contributed by atoms with Gasteiger partial charge in [0, 0.05) is 23.9 Å². The van der Waals surface area contributed by atoms with Crippen LogP contribution in [0.2, 0.25) is 0 Å². The lowest BCUT2D eigenvalue weighted by Gasteiger charge is -2.16. The van der Waals surface area contributed by atoms with E-state index in [9.17, 15) is 0 Å². The van der Waals surface area contributed by atoms with Gasteiger partial charge in [0.1, 0.15) is 0 Å². The van der Waals surface area contributed by atoms with Crippen molar-refractivity contribution in [3.8, 4) is 0 Å². The maximum atomic E-state index is 7.93. The van der Waals surface area contributed by atoms with Crippen LogP contribution < -0.4 is 5.32 Å². The van der Waals surface area contributed by atoms with Gasteiger partial charge in [-0.3, -0.25) is 0 Å². The number of anilines is 1. The Kier molecular flexibility index (Phi) is 2.56. The molecule has 2 nitrogen and oxygen atoms in total. The van der Waals surface area contributed by atoms with E-state index >= 15 is 0 Å². The van der Waals surface area contributed by atoms with Crippen molar-refractivity contribution in [3.05, 3.63) is 53.6 Å². The molecule has 0 amide bonds. The lowest BCUT2D eigenvalue weighted by molar-refractivity contribution is 0.844. The Bertz CT molecular complexity index is 512. The smallest absolute Gasteiger partial charge is 0.0406 e. The molecule has 0 saturated heterocycles. The minimum absolute atomic E-state index is 0.230. The molecule has 1 atom stereocenters. The van der Waals surface area contributed by atoms with Crippen molar-refractivity contribution >= 4 is 11.4 Å². The molecule has 1 unspecified atom stereocenters. The van der Waals surface area contributed by atoms with E-state index < -0.39 is 0 Å². The lowest BCUT2D eigenvalue weighted by atomic mass is 9.90. The Balaban J connectivity index is 1.86. The maximum absolute atomic E-state index is 7.93. The summed E-state index contributed by atoms with van der Waals surface area (Å²) in [6, 6.07) is 6.50. The number of fused-ring (bicyclic) bond motifs is 1. The van der Waals surface area contributed by atoms with Crippen LogP contribution in [0.3, 0.4) is 0 Å². The molecule has 0 saturated carbocycles. The van der Waals surface area contributed by atoms with Gasteiger partial charge in [-0.25, -0.2) is 0 Å². The maximum Gasteiger partial charge on any atom is 0.0406 e. The van der Waals surface area contributed by atoms with E-state index in [1.165, 1.54) is 16.8 Å². The monoisotopic (exact) mass is 224 g/mol. The summed E-state index contributed by atoms with van der Waals surface area (Å²) in [7, 11) is 0. The highest BCUT2D eigenvalue weighted by molar-refractivity contribution is 5.97. The Morgan fingerprint density at radius 1 is 1.29 bits per heavy atom. The van der Waals surface area contributed by atoms with Crippen LogP contribution in [0.5, 0.6) is 0 Å². The standard InChI is InChI=1S/C15H16N2/c16-14-7-2-1-4-12(14)10-13-6-3-5-11-8-9-17-15(11)13/h1-7,12,16-17H,8-10H2. The lowest BCUT2D eigenvalue weighted by Crippen LogP contribution is -2.14. The minimum atomic E-state index is 0.230. The first-order valence-corrected chi connectivity index (χ1v) is 6.12. The molecule has 0 radical (unpaired) electrons. The number of nitrogens with one attached hydrogen (secondary N) is 2. The summed E-state index contributed by atoms with van der Waals surface area (Å²) in [6.45, 7) is 1.05. The van der Waals surface area contributed by atoms with Gasteiger partial charge in [0.2, 0.25) is 0 Å². The van der Waals surface area contributed by atoms with Crippen LogP contribution in [-0.2, 0) is 12.8 Å². The molecule has 2 heteroatoms. The summed E-state index contributed by atoms with van der Waals surface area (Å²) in [6.07, 6.45) is 10.0. The molecule has 0 spiro atoms. The van der Waals surface area contributed by atoms with Crippen molar-refractivity contribution < 1.29 is 0 Å².